The van der Waals surface area contributed by atoms with Gasteiger partial charge in [0.25, 0.3) is 0 Å². The molecule has 0 bridgehead atoms. The molecule has 0 aliphatic rings. The number of benzene rings is 1. The molecular weight excluding hydrogens is 204 g/mol. The number of aromatic amines is 1. The molecule has 4 nitrogen and oxygen atoms in total. The van der Waals surface area contributed by atoms with E-state index in [0.717, 1.165) is 16.6 Å². The first-order valence-electron chi connectivity index (χ1n) is 5.28. The Bertz CT molecular complexity index is 573. The minimum absolute atomic E-state index is 0.178. The molecule has 1 heterocycles. The van der Waals surface area contributed by atoms with Crippen LogP contribution in [0.4, 0.5) is 0 Å². The SMILES string of the molecule is Cc1ccc2[nH]c(=O)n(CC(C)(C)O)c2c1. The molecule has 0 spiro atoms. The highest BCUT2D eigenvalue weighted by Gasteiger charge is 2.17. The number of aryl methyl sites for hydroxylation is 1. The topological polar surface area (TPSA) is 58.0 Å². The third kappa shape index (κ3) is 2.02. The number of imidazole rings is 1. The lowest BCUT2D eigenvalue weighted by atomic mass is 10.1. The van der Waals surface area contributed by atoms with Gasteiger partial charge in [-0.25, -0.2) is 4.79 Å². The van der Waals surface area contributed by atoms with Crippen molar-refractivity contribution in [3.63, 3.8) is 0 Å². The number of rotatable bonds is 2. The average Bonchev–Trinajstić information content (AvgIpc) is 2.42. The summed E-state index contributed by atoms with van der Waals surface area (Å²) in [5.74, 6) is 0. The zero-order chi connectivity index (χ0) is 11.9. The highest BCUT2D eigenvalue weighted by Crippen LogP contribution is 2.14. The lowest BCUT2D eigenvalue weighted by Gasteiger charge is -2.17. The molecule has 0 aliphatic heterocycles. The zero-order valence-electron chi connectivity index (χ0n) is 9.74. The number of H-pyrrole nitrogens is 1. The number of hydrogen-bond acceptors (Lipinski definition) is 2. The summed E-state index contributed by atoms with van der Waals surface area (Å²) in [5.41, 5.74) is 1.66. The molecule has 16 heavy (non-hydrogen) atoms. The van der Waals surface area contributed by atoms with E-state index in [1.165, 1.54) is 0 Å². The summed E-state index contributed by atoms with van der Waals surface area (Å²) in [6.45, 7) is 5.64. The largest absolute Gasteiger partial charge is 0.389 e. The Kier molecular flexibility index (Phi) is 2.39. The molecular formula is C12H16N2O2. The standard InChI is InChI=1S/C12H16N2O2/c1-8-4-5-9-10(6-8)14(11(15)13-9)7-12(2,3)16/h4-6,16H,7H2,1-3H3,(H,13,15). The first kappa shape index (κ1) is 11.0. The van der Waals surface area contributed by atoms with Crippen molar-refractivity contribution in [1.29, 1.82) is 0 Å². The van der Waals surface area contributed by atoms with E-state index in [1.807, 2.05) is 25.1 Å². The van der Waals surface area contributed by atoms with Crippen LogP contribution < -0.4 is 5.69 Å². The maximum absolute atomic E-state index is 11.7. The molecule has 1 aromatic heterocycles. The van der Waals surface area contributed by atoms with E-state index in [2.05, 4.69) is 4.98 Å². The molecule has 2 N–H and O–H groups in total. The van der Waals surface area contributed by atoms with Crippen LogP contribution in [0.1, 0.15) is 19.4 Å². The van der Waals surface area contributed by atoms with Crippen LogP contribution in [-0.4, -0.2) is 20.3 Å². The average molecular weight is 220 g/mol. The second-order valence-corrected chi connectivity index (χ2v) is 4.85. The maximum Gasteiger partial charge on any atom is 0.326 e. The molecule has 86 valence electrons. The van der Waals surface area contributed by atoms with Crippen molar-refractivity contribution in [2.45, 2.75) is 32.9 Å². The molecule has 2 rings (SSSR count). The number of nitrogens with one attached hydrogen (secondary N) is 1. The Balaban J connectivity index is 2.63. The molecule has 0 unspecified atom stereocenters. The Hall–Kier alpha value is -1.55. The molecule has 1 aromatic carbocycles. The molecule has 0 atom stereocenters. The van der Waals surface area contributed by atoms with E-state index in [-0.39, 0.29) is 12.2 Å². The summed E-state index contributed by atoms with van der Waals surface area (Å²) in [6.07, 6.45) is 0. The normalized spacial score (nSPS) is 12.2. The quantitative estimate of drug-likeness (QED) is 0.804. The van der Waals surface area contributed by atoms with Crippen LogP contribution in [0.2, 0.25) is 0 Å². The van der Waals surface area contributed by atoms with Crippen LogP contribution >= 0.6 is 0 Å². The summed E-state index contributed by atoms with van der Waals surface area (Å²) in [6, 6.07) is 5.78. The Morgan fingerprint density at radius 2 is 2.12 bits per heavy atom. The first-order chi connectivity index (χ1) is 7.37. The fourth-order valence-corrected chi connectivity index (χ4v) is 1.81. The van der Waals surface area contributed by atoms with E-state index in [0.29, 0.717) is 0 Å². The number of aromatic nitrogens is 2. The van der Waals surface area contributed by atoms with Gasteiger partial charge in [-0.2, -0.15) is 0 Å². The van der Waals surface area contributed by atoms with Crippen molar-refractivity contribution in [1.82, 2.24) is 9.55 Å². The van der Waals surface area contributed by atoms with Crippen LogP contribution in [0.15, 0.2) is 23.0 Å². The van der Waals surface area contributed by atoms with Gasteiger partial charge in [-0.1, -0.05) is 6.07 Å². The number of aliphatic hydroxyl groups is 1. The molecule has 4 heteroatoms. The van der Waals surface area contributed by atoms with Gasteiger partial charge in [0.15, 0.2) is 0 Å². The van der Waals surface area contributed by atoms with Crippen molar-refractivity contribution in [2.75, 3.05) is 0 Å². The van der Waals surface area contributed by atoms with Gasteiger partial charge >= 0.3 is 5.69 Å². The summed E-state index contributed by atoms with van der Waals surface area (Å²) < 4.78 is 1.57. The summed E-state index contributed by atoms with van der Waals surface area (Å²) in [7, 11) is 0. The lowest BCUT2D eigenvalue weighted by Crippen LogP contribution is -2.31. The second kappa shape index (κ2) is 3.49. The Morgan fingerprint density at radius 1 is 1.44 bits per heavy atom. The van der Waals surface area contributed by atoms with Crippen LogP contribution in [0.25, 0.3) is 11.0 Å². The minimum Gasteiger partial charge on any atom is -0.389 e. The van der Waals surface area contributed by atoms with Gasteiger partial charge in [0.05, 0.1) is 23.2 Å². The molecule has 0 radical (unpaired) electrons. The van der Waals surface area contributed by atoms with Gasteiger partial charge in [-0.3, -0.25) is 4.57 Å². The third-order valence-corrected chi connectivity index (χ3v) is 2.48. The highest BCUT2D eigenvalue weighted by atomic mass is 16.3. The van der Waals surface area contributed by atoms with Gasteiger partial charge < -0.3 is 10.1 Å². The van der Waals surface area contributed by atoms with Crippen molar-refractivity contribution in [3.8, 4) is 0 Å². The first-order valence-corrected chi connectivity index (χ1v) is 5.28. The Morgan fingerprint density at radius 3 is 2.75 bits per heavy atom. The lowest BCUT2D eigenvalue weighted by molar-refractivity contribution is 0.0617. The molecule has 0 fully saturated rings. The van der Waals surface area contributed by atoms with Gasteiger partial charge in [-0.15, -0.1) is 0 Å². The van der Waals surface area contributed by atoms with Crippen LogP contribution in [0.5, 0.6) is 0 Å². The zero-order valence-corrected chi connectivity index (χ0v) is 9.74. The maximum atomic E-state index is 11.7. The van der Waals surface area contributed by atoms with Crippen molar-refractivity contribution >= 4 is 11.0 Å². The van der Waals surface area contributed by atoms with E-state index in [1.54, 1.807) is 18.4 Å². The summed E-state index contributed by atoms with van der Waals surface area (Å²) in [4.78, 5) is 14.5. The fraction of sp³-hybridized carbons (Fsp3) is 0.417. The van der Waals surface area contributed by atoms with Gasteiger partial charge in [0.2, 0.25) is 0 Å². The van der Waals surface area contributed by atoms with E-state index < -0.39 is 5.60 Å². The van der Waals surface area contributed by atoms with Crippen LogP contribution in [0.3, 0.4) is 0 Å². The van der Waals surface area contributed by atoms with Gasteiger partial charge in [0, 0.05) is 0 Å². The van der Waals surface area contributed by atoms with Crippen molar-refractivity contribution < 1.29 is 5.11 Å². The molecule has 0 amide bonds. The fourth-order valence-electron chi connectivity index (χ4n) is 1.81. The monoisotopic (exact) mass is 220 g/mol. The van der Waals surface area contributed by atoms with Crippen molar-refractivity contribution in [3.05, 3.63) is 34.2 Å². The van der Waals surface area contributed by atoms with E-state index >= 15 is 0 Å². The van der Waals surface area contributed by atoms with E-state index in [9.17, 15) is 9.90 Å². The summed E-state index contributed by atoms with van der Waals surface area (Å²) in [5, 5.41) is 9.77. The number of fused-ring (bicyclic) bond motifs is 1. The van der Waals surface area contributed by atoms with Gasteiger partial charge in [0.1, 0.15) is 0 Å². The predicted octanol–water partition coefficient (Wildman–Crippen LogP) is 1.41. The van der Waals surface area contributed by atoms with Gasteiger partial charge in [-0.05, 0) is 38.5 Å². The molecule has 0 aliphatic carbocycles. The number of hydrogen-bond donors (Lipinski definition) is 2. The molecule has 0 saturated carbocycles. The second-order valence-electron chi connectivity index (χ2n) is 4.85. The van der Waals surface area contributed by atoms with Crippen LogP contribution in [-0.2, 0) is 6.54 Å². The predicted molar refractivity (Wildman–Crippen MR) is 63.6 cm³/mol. The molecule has 0 saturated heterocycles. The smallest absolute Gasteiger partial charge is 0.326 e. The minimum atomic E-state index is -0.900. The molecule has 2 aromatic rings. The summed E-state index contributed by atoms with van der Waals surface area (Å²) >= 11 is 0. The number of nitrogens with zero attached hydrogens (tertiary/aromatic N) is 1. The Labute approximate surface area is 93.5 Å². The highest BCUT2D eigenvalue weighted by molar-refractivity contribution is 5.75. The van der Waals surface area contributed by atoms with Crippen LogP contribution in [0, 0.1) is 6.92 Å². The van der Waals surface area contributed by atoms with Crippen molar-refractivity contribution in [2.24, 2.45) is 0 Å². The van der Waals surface area contributed by atoms with E-state index in [4.69, 9.17) is 0 Å². The third-order valence-electron chi connectivity index (χ3n) is 2.48.